The van der Waals surface area contributed by atoms with Gasteiger partial charge < -0.3 is 4.90 Å². The Morgan fingerprint density at radius 1 is 1.14 bits per heavy atom. The lowest BCUT2D eigenvalue weighted by atomic mass is 10.0. The number of halogens is 2. The third-order valence-corrected chi connectivity index (χ3v) is 9.44. The number of amides is 1. The molecule has 12 heteroatoms. The van der Waals surface area contributed by atoms with E-state index in [0.29, 0.717) is 25.9 Å². The maximum atomic E-state index is 15.1. The predicted molar refractivity (Wildman–Crippen MR) is 141 cm³/mol. The SMILES string of the molecule is C/C(=C\S(=O)(=O)N[C@H]1CCN(c2ccc(-c3ccccc3S(C)(=O)=O)cc2F)C1=O)c1ccc(Cl)s1. The van der Waals surface area contributed by atoms with Gasteiger partial charge in [-0.2, -0.15) is 4.72 Å². The van der Waals surface area contributed by atoms with E-state index >= 15 is 4.39 Å². The number of carbonyl (C=O) groups excluding carboxylic acids is 1. The molecule has 0 unspecified atom stereocenters. The summed E-state index contributed by atoms with van der Waals surface area (Å²) < 4.78 is 67.5. The van der Waals surface area contributed by atoms with E-state index in [9.17, 15) is 21.6 Å². The van der Waals surface area contributed by atoms with Crippen molar-refractivity contribution in [1.82, 2.24) is 4.72 Å². The van der Waals surface area contributed by atoms with Gasteiger partial charge in [0, 0.05) is 23.2 Å². The maximum Gasteiger partial charge on any atom is 0.245 e. The Bertz CT molecular complexity index is 1580. The zero-order valence-electron chi connectivity index (χ0n) is 19.2. The lowest BCUT2D eigenvalue weighted by Gasteiger charge is -2.19. The van der Waals surface area contributed by atoms with Crippen LogP contribution in [0.5, 0.6) is 0 Å². The zero-order valence-corrected chi connectivity index (χ0v) is 22.4. The topological polar surface area (TPSA) is 101 Å². The van der Waals surface area contributed by atoms with Gasteiger partial charge in [0.25, 0.3) is 0 Å². The monoisotopic (exact) mass is 568 g/mol. The third-order valence-electron chi connectivity index (χ3n) is 5.64. The van der Waals surface area contributed by atoms with Crippen molar-refractivity contribution in [1.29, 1.82) is 0 Å². The van der Waals surface area contributed by atoms with Gasteiger partial charge in [-0.05, 0) is 54.8 Å². The van der Waals surface area contributed by atoms with Gasteiger partial charge in [0.15, 0.2) is 9.84 Å². The smallest absolute Gasteiger partial charge is 0.245 e. The molecule has 0 aliphatic carbocycles. The molecular weight excluding hydrogens is 547 g/mol. The van der Waals surface area contributed by atoms with Gasteiger partial charge >= 0.3 is 0 Å². The number of allylic oxidation sites excluding steroid dienone is 1. The number of carbonyl (C=O) groups is 1. The van der Waals surface area contributed by atoms with Crippen LogP contribution in [0.2, 0.25) is 4.34 Å². The fraction of sp³-hybridized carbons (Fsp3) is 0.208. The Balaban J connectivity index is 1.54. The molecule has 1 aliphatic heterocycles. The number of sulfonamides is 1. The molecular formula is C24H22ClFN2O5S3. The average Bonchev–Trinajstić information content (AvgIpc) is 3.38. The first-order valence-electron chi connectivity index (χ1n) is 10.7. The van der Waals surface area contributed by atoms with Gasteiger partial charge in [-0.15, -0.1) is 11.3 Å². The van der Waals surface area contributed by atoms with Crippen LogP contribution in [0, 0.1) is 5.82 Å². The predicted octanol–water partition coefficient (Wildman–Crippen LogP) is 4.70. The van der Waals surface area contributed by atoms with Crippen LogP contribution in [0.15, 0.2) is 64.9 Å². The molecule has 1 aromatic heterocycles. The number of nitrogens with zero attached hydrogens (tertiary/aromatic N) is 1. The average molecular weight is 569 g/mol. The molecule has 36 heavy (non-hydrogen) atoms. The number of benzene rings is 2. The van der Waals surface area contributed by atoms with E-state index < -0.39 is 37.6 Å². The summed E-state index contributed by atoms with van der Waals surface area (Å²) in [4.78, 5) is 14.9. The summed E-state index contributed by atoms with van der Waals surface area (Å²) in [6.45, 7) is 1.74. The van der Waals surface area contributed by atoms with Crippen LogP contribution in [0.4, 0.5) is 10.1 Å². The first-order chi connectivity index (χ1) is 16.9. The van der Waals surface area contributed by atoms with Crippen LogP contribution >= 0.6 is 22.9 Å². The Hall–Kier alpha value is -2.57. The Morgan fingerprint density at radius 3 is 2.50 bits per heavy atom. The summed E-state index contributed by atoms with van der Waals surface area (Å²) in [7, 11) is -7.50. The highest BCUT2D eigenvalue weighted by molar-refractivity contribution is 7.92. The molecule has 2 aromatic carbocycles. The van der Waals surface area contributed by atoms with Crippen molar-refractivity contribution in [2.24, 2.45) is 0 Å². The van der Waals surface area contributed by atoms with E-state index in [2.05, 4.69) is 4.72 Å². The van der Waals surface area contributed by atoms with Crippen LogP contribution in [-0.4, -0.2) is 41.6 Å². The minimum atomic E-state index is -3.96. The molecule has 190 valence electrons. The fourth-order valence-electron chi connectivity index (χ4n) is 4.00. The van der Waals surface area contributed by atoms with Crippen LogP contribution in [-0.2, 0) is 24.7 Å². The second-order valence-electron chi connectivity index (χ2n) is 8.33. The molecule has 3 aromatic rings. The first-order valence-corrected chi connectivity index (χ1v) is 15.4. The number of hydrogen-bond donors (Lipinski definition) is 1. The minimum absolute atomic E-state index is 0.0118. The van der Waals surface area contributed by atoms with Gasteiger partial charge in [-0.3, -0.25) is 4.79 Å². The molecule has 1 fully saturated rings. The Morgan fingerprint density at radius 2 is 1.86 bits per heavy atom. The Labute approximate surface area is 218 Å². The van der Waals surface area contributed by atoms with E-state index in [1.165, 1.54) is 40.5 Å². The second-order valence-corrected chi connectivity index (χ2v) is 13.6. The van der Waals surface area contributed by atoms with Crippen molar-refractivity contribution >= 4 is 60.0 Å². The summed E-state index contributed by atoms with van der Waals surface area (Å²) in [6, 6.07) is 12.7. The summed E-state index contributed by atoms with van der Waals surface area (Å²) in [5, 5.41) is 1.04. The van der Waals surface area contributed by atoms with Crippen molar-refractivity contribution < 1.29 is 26.0 Å². The van der Waals surface area contributed by atoms with Crippen molar-refractivity contribution in [3.63, 3.8) is 0 Å². The zero-order chi connectivity index (χ0) is 26.3. The van der Waals surface area contributed by atoms with E-state index in [-0.39, 0.29) is 23.5 Å². The molecule has 0 spiro atoms. The van der Waals surface area contributed by atoms with Gasteiger partial charge in [0.05, 0.1) is 20.3 Å². The van der Waals surface area contributed by atoms with E-state index in [1.807, 2.05) is 0 Å². The van der Waals surface area contributed by atoms with Gasteiger partial charge in [0.2, 0.25) is 15.9 Å². The first kappa shape index (κ1) is 26.5. The largest absolute Gasteiger partial charge is 0.308 e. The standard InChI is InChI=1S/C24H22ClFN2O5S3/c1-15(21-9-10-23(25)34-21)14-36(32,33)27-19-11-12-28(24(19)29)20-8-7-16(13-18(20)26)17-5-3-4-6-22(17)35(2,30)31/h3-10,13-14,19,27H,11-12H2,1-2H3/b15-14+/t19-/m0/s1. The number of rotatable bonds is 7. The normalized spacial score (nSPS) is 17.1. The van der Waals surface area contributed by atoms with Crippen LogP contribution in [0.3, 0.4) is 0 Å². The number of sulfone groups is 1. The van der Waals surface area contributed by atoms with Crippen molar-refractivity contribution in [3.05, 3.63) is 75.0 Å². The highest BCUT2D eigenvalue weighted by Gasteiger charge is 2.36. The molecule has 2 heterocycles. The second kappa shape index (κ2) is 10.1. The minimum Gasteiger partial charge on any atom is -0.308 e. The molecule has 0 radical (unpaired) electrons. The summed E-state index contributed by atoms with van der Waals surface area (Å²) in [5.41, 5.74) is 1.15. The highest BCUT2D eigenvalue weighted by atomic mass is 35.5. The molecule has 1 amide bonds. The highest BCUT2D eigenvalue weighted by Crippen LogP contribution is 2.33. The number of thiophene rings is 1. The molecule has 1 N–H and O–H groups in total. The van der Waals surface area contributed by atoms with Crippen molar-refractivity contribution in [2.45, 2.75) is 24.3 Å². The number of hydrogen-bond acceptors (Lipinski definition) is 6. The maximum absolute atomic E-state index is 15.1. The van der Waals surface area contributed by atoms with Gasteiger partial charge in [-0.25, -0.2) is 21.2 Å². The van der Waals surface area contributed by atoms with Crippen molar-refractivity contribution in [2.75, 3.05) is 17.7 Å². The molecule has 1 aliphatic rings. The van der Waals surface area contributed by atoms with Crippen LogP contribution < -0.4 is 9.62 Å². The summed E-state index contributed by atoms with van der Waals surface area (Å²) >= 11 is 7.15. The van der Waals surface area contributed by atoms with E-state index in [4.69, 9.17) is 11.6 Å². The lowest BCUT2D eigenvalue weighted by molar-refractivity contribution is -0.118. The molecule has 4 rings (SSSR count). The van der Waals surface area contributed by atoms with Crippen LogP contribution in [0.25, 0.3) is 16.7 Å². The molecule has 7 nitrogen and oxygen atoms in total. The summed E-state index contributed by atoms with van der Waals surface area (Å²) in [6.07, 6.45) is 1.24. The van der Waals surface area contributed by atoms with Crippen LogP contribution in [0.1, 0.15) is 18.2 Å². The lowest BCUT2D eigenvalue weighted by Crippen LogP contribution is -2.41. The number of anilines is 1. The fourth-order valence-corrected chi connectivity index (χ4v) is 7.28. The summed E-state index contributed by atoms with van der Waals surface area (Å²) in [5.74, 6) is -1.30. The van der Waals surface area contributed by atoms with Gasteiger partial charge in [-0.1, -0.05) is 35.9 Å². The van der Waals surface area contributed by atoms with E-state index in [0.717, 1.165) is 11.7 Å². The van der Waals surface area contributed by atoms with Gasteiger partial charge in [0.1, 0.15) is 11.9 Å². The molecule has 0 saturated carbocycles. The van der Waals surface area contributed by atoms with Crippen molar-refractivity contribution in [3.8, 4) is 11.1 Å². The third kappa shape index (κ3) is 5.70. The quantitative estimate of drug-likeness (QED) is 0.445. The van der Waals surface area contributed by atoms with E-state index in [1.54, 1.807) is 37.3 Å². The molecule has 0 bridgehead atoms. The Kier molecular flexibility index (Phi) is 7.40. The molecule has 1 saturated heterocycles. The number of nitrogens with one attached hydrogen (secondary N) is 1. The molecule has 1 atom stereocenters.